The van der Waals surface area contributed by atoms with Crippen molar-refractivity contribution in [2.24, 2.45) is 5.92 Å². The van der Waals surface area contributed by atoms with Gasteiger partial charge in [-0.15, -0.1) is 0 Å². The van der Waals surface area contributed by atoms with E-state index in [-0.39, 0.29) is 5.92 Å². The van der Waals surface area contributed by atoms with Gasteiger partial charge in [0.2, 0.25) is 0 Å². The molecule has 28 heavy (non-hydrogen) atoms. The number of benzene rings is 2. The minimum absolute atomic E-state index is 0.322. The summed E-state index contributed by atoms with van der Waals surface area (Å²) in [6.45, 7) is 3.57. The fourth-order valence-electron chi connectivity index (χ4n) is 3.48. The second-order valence-electron chi connectivity index (χ2n) is 7.15. The molecule has 3 rings (SSSR count). The average Bonchev–Trinajstić information content (AvgIpc) is 2.96. The number of hydrogen-bond donors (Lipinski definition) is 2. The highest BCUT2D eigenvalue weighted by Crippen LogP contribution is 2.23. The number of carboxylic acids is 1. The number of nitrogens with one attached hydrogen (secondary N) is 1. The Morgan fingerprint density at radius 2 is 1.68 bits per heavy atom. The van der Waals surface area contributed by atoms with E-state index in [0.717, 1.165) is 21.6 Å². The van der Waals surface area contributed by atoms with Crippen LogP contribution >= 0.6 is 0 Å². The van der Waals surface area contributed by atoms with Crippen LogP contribution in [-0.4, -0.2) is 40.0 Å². The van der Waals surface area contributed by atoms with E-state index >= 15 is 0 Å². The zero-order chi connectivity index (χ0) is 20.3. The van der Waals surface area contributed by atoms with Crippen LogP contribution in [0.2, 0.25) is 0 Å². The topological polar surface area (TPSA) is 86.7 Å². The van der Waals surface area contributed by atoms with Gasteiger partial charge in [-0.1, -0.05) is 74.9 Å². The van der Waals surface area contributed by atoms with Crippen LogP contribution in [0, 0.1) is 5.92 Å². The van der Waals surface area contributed by atoms with Crippen molar-refractivity contribution in [2.45, 2.75) is 38.8 Å². The second-order valence-corrected chi connectivity index (χ2v) is 7.15. The molecule has 2 aromatic carbocycles. The molecule has 3 atom stereocenters. The lowest BCUT2D eigenvalue weighted by Crippen LogP contribution is -2.49. The summed E-state index contributed by atoms with van der Waals surface area (Å²) in [6, 6.07) is 15.2. The van der Waals surface area contributed by atoms with Gasteiger partial charge >= 0.3 is 12.0 Å². The molecule has 1 unspecified atom stereocenters. The van der Waals surface area contributed by atoms with E-state index < -0.39 is 30.0 Å². The number of amides is 3. The van der Waals surface area contributed by atoms with Crippen LogP contribution in [0.25, 0.3) is 11.1 Å². The molecule has 6 heteroatoms. The van der Waals surface area contributed by atoms with Gasteiger partial charge in [0.1, 0.15) is 12.1 Å². The zero-order valence-corrected chi connectivity index (χ0v) is 16.0. The van der Waals surface area contributed by atoms with E-state index in [1.807, 2.05) is 61.5 Å². The molecule has 0 saturated carbocycles. The molecule has 146 valence electrons. The van der Waals surface area contributed by atoms with Gasteiger partial charge in [0.25, 0.3) is 5.91 Å². The number of imide groups is 1. The van der Waals surface area contributed by atoms with Crippen molar-refractivity contribution in [3.63, 3.8) is 0 Å². The van der Waals surface area contributed by atoms with E-state index in [4.69, 9.17) is 0 Å². The molecular formula is C22H24N2O4. The molecular weight excluding hydrogens is 356 g/mol. The van der Waals surface area contributed by atoms with Crippen molar-refractivity contribution in [1.82, 2.24) is 10.2 Å². The highest BCUT2D eigenvalue weighted by Gasteiger charge is 2.46. The summed E-state index contributed by atoms with van der Waals surface area (Å²) in [5.74, 6) is -1.97. The minimum atomic E-state index is -1.16. The highest BCUT2D eigenvalue weighted by molar-refractivity contribution is 6.07. The predicted octanol–water partition coefficient (Wildman–Crippen LogP) is 3.32. The first-order valence-corrected chi connectivity index (χ1v) is 9.43. The summed E-state index contributed by atoms with van der Waals surface area (Å²) in [5, 5.41) is 12.1. The van der Waals surface area contributed by atoms with Crippen LogP contribution in [0.1, 0.15) is 25.8 Å². The molecule has 3 amide bonds. The van der Waals surface area contributed by atoms with Crippen LogP contribution < -0.4 is 5.32 Å². The van der Waals surface area contributed by atoms with E-state index in [0.29, 0.717) is 12.8 Å². The highest BCUT2D eigenvalue weighted by atomic mass is 16.4. The van der Waals surface area contributed by atoms with Gasteiger partial charge in [-0.2, -0.15) is 0 Å². The van der Waals surface area contributed by atoms with Gasteiger partial charge < -0.3 is 10.4 Å². The monoisotopic (exact) mass is 380 g/mol. The number of carbonyl (C=O) groups is 3. The maximum Gasteiger partial charge on any atom is 0.327 e. The third-order valence-corrected chi connectivity index (χ3v) is 5.27. The van der Waals surface area contributed by atoms with Crippen LogP contribution in [0.5, 0.6) is 0 Å². The summed E-state index contributed by atoms with van der Waals surface area (Å²) in [7, 11) is 0. The maximum absolute atomic E-state index is 12.8. The van der Waals surface area contributed by atoms with E-state index in [9.17, 15) is 19.5 Å². The molecule has 0 radical (unpaired) electrons. The summed E-state index contributed by atoms with van der Waals surface area (Å²) >= 11 is 0. The van der Waals surface area contributed by atoms with Crippen molar-refractivity contribution >= 4 is 17.9 Å². The number of urea groups is 1. The molecule has 2 aromatic rings. The first-order chi connectivity index (χ1) is 13.4. The molecule has 0 spiro atoms. The summed E-state index contributed by atoms with van der Waals surface area (Å²) < 4.78 is 0. The average molecular weight is 380 g/mol. The zero-order valence-electron chi connectivity index (χ0n) is 16.0. The van der Waals surface area contributed by atoms with Gasteiger partial charge in [0.15, 0.2) is 0 Å². The molecule has 6 nitrogen and oxygen atoms in total. The quantitative estimate of drug-likeness (QED) is 0.722. The maximum atomic E-state index is 12.8. The molecule has 0 aromatic heterocycles. The number of hydrogen-bond acceptors (Lipinski definition) is 3. The van der Waals surface area contributed by atoms with Crippen LogP contribution in [0.15, 0.2) is 54.6 Å². The summed E-state index contributed by atoms with van der Waals surface area (Å²) in [5.41, 5.74) is 3.06. The lowest BCUT2D eigenvalue weighted by atomic mass is 9.97. The van der Waals surface area contributed by atoms with E-state index in [1.54, 1.807) is 6.92 Å². The van der Waals surface area contributed by atoms with Gasteiger partial charge in [0, 0.05) is 6.42 Å². The Bertz CT molecular complexity index is 864. The van der Waals surface area contributed by atoms with Gasteiger partial charge in [-0.05, 0) is 22.6 Å². The van der Waals surface area contributed by atoms with Crippen LogP contribution in [-0.2, 0) is 16.0 Å². The van der Waals surface area contributed by atoms with Crippen molar-refractivity contribution in [3.05, 3.63) is 60.2 Å². The lowest BCUT2D eigenvalue weighted by molar-refractivity contribution is -0.148. The summed E-state index contributed by atoms with van der Waals surface area (Å²) in [4.78, 5) is 37.6. The molecule has 0 aliphatic carbocycles. The molecule has 0 bridgehead atoms. The Kier molecular flexibility index (Phi) is 5.78. The molecule has 1 aliphatic heterocycles. The first-order valence-electron chi connectivity index (χ1n) is 9.43. The standard InChI is InChI=1S/C22H24N2O4/c1-3-14(2)19(21(26)27)24-20(25)18(23-22(24)28)13-15-9-11-17(12-10-15)16-7-5-4-6-8-16/h4-12,14,18-19H,3,13H2,1-2H3,(H,23,28)(H,26,27)/t14?,18-,19-/m0/s1. The van der Waals surface area contributed by atoms with Crippen molar-refractivity contribution in [1.29, 1.82) is 0 Å². The number of rotatable bonds is 7. The number of aliphatic carboxylic acids is 1. The molecule has 1 fully saturated rings. The second kappa shape index (κ2) is 8.25. The van der Waals surface area contributed by atoms with Crippen LogP contribution in [0.4, 0.5) is 4.79 Å². The smallest absolute Gasteiger partial charge is 0.327 e. The van der Waals surface area contributed by atoms with Crippen molar-refractivity contribution < 1.29 is 19.5 Å². The van der Waals surface area contributed by atoms with Crippen molar-refractivity contribution in [3.8, 4) is 11.1 Å². The SMILES string of the molecule is CCC(C)[C@@H](C(=O)O)N1C(=O)N[C@@H](Cc2ccc(-c3ccccc3)cc2)C1=O. The molecule has 1 heterocycles. The fraction of sp³-hybridized carbons (Fsp3) is 0.318. The number of carbonyl (C=O) groups excluding carboxylic acids is 2. The van der Waals surface area contributed by atoms with Crippen molar-refractivity contribution in [2.75, 3.05) is 0 Å². The third-order valence-electron chi connectivity index (χ3n) is 5.27. The van der Waals surface area contributed by atoms with E-state index in [2.05, 4.69) is 5.32 Å². The van der Waals surface area contributed by atoms with Gasteiger partial charge in [-0.25, -0.2) is 14.5 Å². The lowest BCUT2D eigenvalue weighted by Gasteiger charge is -2.26. The van der Waals surface area contributed by atoms with Gasteiger partial charge in [0.05, 0.1) is 0 Å². The Hall–Kier alpha value is -3.15. The molecule has 2 N–H and O–H groups in total. The number of nitrogens with zero attached hydrogens (tertiary/aromatic N) is 1. The third kappa shape index (κ3) is 3.91. The number of carboxylic acid groups (broad SMARTS) is 1. The largest absolute Gasteiger partial charge is 0.480 e. The minimum Gasteiger partial charge on any atom is -0.480 e. The normalized spacial score (nSPS) is 18.6. The Labute approximate surface area is 164 Å². The van der Waals surface area contributed by atoms with Crippen LogP contribution in [0.3, 0.4) is 0 Å². The van der Waals surface area contributed by atoms with E-state index in [1.165, 1.54) is 0 Å². The van der Waals surface area contributed by atoms with Gasteiger partial charge in [-0.3, -0.25) is 4.79 Å². The first kappa shape index (κ1) is 19.6. The Morgan fingerprint density at radius 1 is 1.07 bits per heavy atom. The Morgan fingerprint density at radius 3 is 2.25 bits per heavy atom. The fourth-order valence-corrected chi connectivity index (χ4v) is 3.48. The molecule has 1 saturated heterocycles. The predicted molar refractivity (Wildman–Crippen MR) is 106 cm³/mol. The summed E-state index contributed by atoms with van der Waals surface area (Å²) in [6.07, 6.45) is 0.878. The molecule has 1 aliphatic rings. The Balaban J connectivity index is 1.74.